The fourth-order valence-electron chi connectivity index (χ4n) is 1.83. The third-order valence-corrected chi connectivity index (χ3v) is 2.82. The number of nitrogens with zero attached hydrogens (tertiary/aromatic N) is 2. The van der Waals surface area contributed by atoms with Gasteiger partial charge < -0.3 is 4.74 Å². The highest BCUT2D eigenvalue weighted by molar-refractivity contribution is 5.81. The molecule has 4 nitrogen and oxygen atoms in total. The van der Waals surface area contributed by atoms with Crippen molar-refractivity contribution in [2.75, 3.05) is 7.11 Å². The van der Waals surface area contributed by atoms with E-state index in [-0.39, 0.29) is 5.91 Å². The van der Waals surface area contributed by atoms with Crippen LogP contribution in [0.3, 0.4) is 0 Å². The Bertz CT molecular complexity index is 529. The van der Waals surface area contributed by atoms with Gasteiger partial charge in [-0.05, 0) is 17.7 Å². The van der Waals surface area contributed by atoms with Crippen LogP contribution in [0.25, 0.3) is 0 Å². The number of carbonyl (C=O) groups is 1. The van der Waals surface area contributed by atoms with Crippen molar-refractivity contribution in [1.29, 1.82) is 0 Å². The Balaban J connectivity index is 2.11. The molecule has 0 saturated carbocycles. The van der Waals surface area contributed by atoms with Crippen LogP contribution in [0.15, 0.2) is 36.7 Å². The van der Waals surface area contributed by atoms with Crippen molar-refractivity contribution in [1.82, 2.24) is 9.55 Å². The summed E-state index contributed by atoms with van der Waals surface area (Å²) in [6.45, 7) is 1.99. The minimum absolute atomic E-state index is 0.0366. The van der Waals surface area contributed by atoms with E-state index in [4.69, 9.17) is 4.74 Å². The first-order valence-electron chi connectivity index (χ1n) is 5.93. The lowest BCUT2D eigenvalue weighted by atomic mass is 10.1. The van der Waals surface area contributed by atoms with Crippen molar-refractivity contribution in [2.45, 2.75) is 19.8 Å². The molecule has 0 aliphatic heterocycles. The van der Waals surface area contributed by atoms with Crippen LogP contribution in [0.5, 0.6) is 5.75 Å². The number of ether oxygens (including phenoxy) is 1. The molecule has 0 saturated heterocycles. The van der Waals surface area contributed by atoms with Crippen molar-refractivity contribution < 1.29 is 9.53 Å². The number of imidazole rings is 1. The van der Waals surface area contributed by atoms with Crippen molar-refractivity contribution in [3.8, 4) is 5.75 Å². The van der Waals surface area contributed by atoms with Gasteiger partial charge in [0.1, 0.15) is 11.6 Å². The molecule has 94 valence electrons. The Kier molecular flexibility index (Phi) is 3.77. The second kappa shape index (κ2) is 5.49. The minimum atomic E-state index is 0.0366. The molecule has 1 aromatic heterocycles. The third-order valence-electron chi connectivity index (χ3n) is 2.82. The van der Waals surface area contributed by atoms with Crippen LogP contribution in [-0.4, -0.2) is 22.6 Å². The average Bonchev–Trinajstić information content (AvgIpc) is 2.88. The molecule has 1 aromatic carbocycles. The van der Waals surface area contributed by atoms with Crippen LogP contribution < -0.4 is 4.74 Å². The van der Waals surface area contributed by atoms with E-state index in [2.05, 4.69) is 4.98 Å². The predicted molar refractivity (Wildman–Crippen MR) is 68.9 cm³/mol. The summed E-state index contributed by atoms with van der Waals surface area (Å²) in [7, 11) is 1.62. The molecule has 0 aliphatic rings. The summed E-state index contributed by atoms with van der Waals surface area (Å²) in [5, 5.41) is 0. The van der Waals surface area contributed by atoms with E-state index in [1.807, 2.05) is 31.2 Å². The number of aromatic nitrogens is 2. The fraction of sp³-hybridized carbons (Fsp3) is 0.286. The molecule has 2 rings (SSSR count). The summed E-state index contributed by atoms with van der Waals surface area (Å²) in [4.78, 5) is 16.2. The van der Waals surface area contributed by atoms with E-state index in [0.29, 0.717) is 6.42 Å². The quantitative estimate of drug-likeness (QED) is 0.829. The Morgan fingerprint density at radius 1 is 1.33 bits per heavy atom. The molecule has 0 aliphatic carbocycles. The number of hydrogen-bond donors (Lipinski definition) is 0. The van der Waals surface area contributed by atoms with E-state index < -0.39 is 0 Å². The topological polar surface area (TPSA) is 44.1 Å². The second-order valence-electron chi connectivity index (χ2n) is 3.99. The lowest BCUT2D eigenvalue weighted by Crippen LogP contribution is -2.15. The maximum Gasteiger partial charge on any atom is 0.236 e. The highest BCUT2D eigenvalue weighted by Crippen LogP contribution is 2.12. The molecular weight excluding hydrogens is 228 g/mol. The van der Waals surface area contributed by atoms with Gasteiger partial charge in [-0.3, -0.25) is 9.36 Å². The Hall–Kier alpha value is -2.10. The molecule has 4 heteroatoms. The van der Waals surface area contributed by atoms with Gasteiger partial charge in [0.05, 0.1) is 13.5 Å². The molecule has 0 amide bonds. The van der Waals surface area contributed by atoms with Crippen molar-refractivity contribution in [3.63, 3.8) is 0 Å². The van der Waals surface area contributed by atoms with Gasteiger partial charge in [0.25, 0.3) is 0 Å². The molecule has 0 atom stereocenters. The smallest absolute Gasteiger partial charge is 0.236 e. The Labute approximate surface area is 106 Å². The third kappa shape index (κ3) is 2.59. The molecule has 0 bridgehead atoms. The molecule has 0 N–H and O–H groups in total. The van der Waals surface area contributed by atoms with Gasteiger partial charge in [-0.15, -0.1) is 0 Å². The normalized spacial score (nSPS) is 10.3. The van der Waals surface area contributed by atoms with Crippen LogP contribution in [0, 0.1) is 0 Å². The minimum Gasteiger partial charge on any atom is -0.497 e. The van der Waals surface area contributed by atoms with Crippen molar-refractivity contribution >= 4 is 5.91 Å². The van der Waals surface area contributed by atoms with E-state index in [9.17, 15) is 4.79 Å². The van der Waals surface area contributed by atoms with Crippen LogP contribution in [0.1, 0.15) is 23.1 Å². The molecule has 0 radical (unpaired) electrons. The zero-order valence-electron chi connectivity index (χ0n) is 10.6. The average molecular weight is 244 g/mol. The number of carbonyl (C=O) groups excluding carboxylic acids is 1. The molecule has 1 heterocycles. The first-order valence-corrected chi connectivity index (χ1v) is 5.93. The molecule has 2 aromatic rings. The maximum absolute atomic E-state index is 12.1. The largest absolute Gasteiger partial charge is 0.497 e. The molecule has 18 heavy (non-hydrogen) atoms. The second-order valence-corrected chi connectivity index (χ2v) is 3.99. The van der Waals surface area contributed by atoms with Gasteiger partial charge >= 0.3 is 0 Å². The van der Waals surface area contributed by atoms with Crippen LogP contribution in [0.4, 0.5) is 0 Å². The number of rotatable bonds is 4. The van der Waals surface area contributed by atoms with Crippen LogP contribution in [-0.2, 0) is 12.8 Å². The Morgan fingerprint density at radius 2 is 2.06 bits per heavy atom. The van der Waals surface area contributed by atoms with E-state index >= 15 is 0 Å². The lowest BCUT2D eigenvalue weighted by Gasteiger charge is -2.06. The fourth-order valence-corrected chi connectivity index (χ4v) is 1.83. The lowest BCUT2D eigenvalue weighted by molar-refractivity contribution is 0.0910. The molecule has 0 spiro atoms. The van der Waals surface area contributed by atoms with E-state index in [1.54, 1.807) is 24.1 Å². The van der Waals surface area contributed by atoms with Crippen molar-refractivity contribution in [2.24, 2.45) is 0 Å². The zero-order chi connectivity index (χ0) is 13.0. The standard InChI is InChI=1S/C14H16N2O2/c1-3-13-15-8-9-16(13)14(17)10-11-4-6-12(18-2)7-5-11/h4-9H,3,10H2,1-2H3. The van der Waals surface area contributed by atoms with Gasteiger partial charge in [0.15, 0.2) is 0 Å². The van der Waals surface area contributed by atoms with Gasteiger partial charge in [-0.1, -0.05) is 19.1 Å². The summed E-state index contributed by atoms with van der Waals surface area (Å²) < 4.78 is 6.70. The monoisotopic (exact) mass is 244 g/mol. The number of benzene rings is 1. The van der Waals surface area contributed by atoms with E-state index in [0.717, 1.165) is 23.6 Å². The first kappa shape index (κ1) is 12.4. The van der Waals surface area contributed by atoms with Gasteiger partial charge in [-0.2, -0.15) is 0 Å². The number of methoxy groups -OCH3 is 1. The SMILES string of the molecule is CCc1nccn1C(=O)Cc1ccc(OC)cc1. The van der Waals surface area contributed by atoms with Crippen LogP contribution >= 0.6 is 0 Å². The van der Waals surface area contributed by atoms with Gasteiger partial charge in [0.2, 0.25) is 5.91 Å². The van der Waals surface area contributed by atoms with Gasteiger partial charge in [-0.25, -0.2) is 4.98 Å². The molecule has 0 fully saturated rings. The molecule has 0 unspecified atom stereocenters. The number of hydrogen-bond acceptors (Lipinski definition) is 3. The summed E-state index contributed by atoms with van der Waals surface area (Å²) in [5.41, 5.74) is 0.969. The van der Waals surface area contributed by atoms with E-state index in [1.165, 1.54) is 0 Å². The molecular formula is C14H16N2O2. The Morgan fingerprint density at radius 3 is 2.67 bits per heavy atom. The van der Waals surface area contributed by atoms with Crippen molar-refractivity contribution in [3.05, 3.63) is 48.0 Å². The van der Waals surface area contributed by atoms with Gasteiger partial charge in [0, 0.05) is 18.8 Å². The number of aryl methyl sites for hydroxylation is 1. The highest BCUT2D eigenvalue weighted by atomic mass is 16.5. The van der Waals surface area contributed by atoms with Crippen LogP contribution in [0.2, 0.25) is 0 Å². The summed E-state index contributed by atoms with van der Waals surface area (Å²) in [6.07, 6.45) is 4.49. The summed E-state index contributed by atoms with van der Waals surface area (Å²) in [5.74, 6) is 1.63. The summed E-state index contributed by atoms with van der Waals surface area (Å²) in [6, 6.07) is 7.52. The highest BCUT2D eigenvalue weighted by Gasteiger charge is 2.10. The zero-order valence-corrected chi connectivity index (χ0v) is 10.6. The first-order chi connectivity index (χ1) is 8.74. The summed E-state index contributed by atoms with van der Waals surface area (Å²) >= 11 is 0. The maximum atomic E-state index is 12.1. The predicted octanol–water partition coefficient (Wildman–Crippen LogP) is 2.34.